The van der Waals surface area contributed by atoms with Crippen LogP contribution < -0.4 is 10.6 Å². The molecule has 0 aliphatic carbocycles. The summed E-state index contributed by atoms with van der Waals surface area (Å²) in [6.45, 7) is 0.352. The highest BCUT2D eigenvalue weighted by atomic mass is 16.4. The molecular weight excluding hydrogens is 552 g/mol. The number of nitrogens with zero attached hydrogens (tertiary/aromatic N) is 2. The number of carbonyl (C=O) groups is 5. The summed E-state index contributed by atoms with van der Waals surface area (Å²) in [7, 11) is 1.42. The van der Waals surface area contributed by atoms with Crippen LogP contribution in [-0.4, -0.2) is 65.9 Å². The molecule has 11 heteroatoms. The van der Waals surface area contributed by atoms with Crippen LogP contribution in [0.4, 0.5) is 0 Å². The van der Waals surface area contributed by atoms with Crippen LogP contribution in [0.15, 0.2) is 10.2 Å². The van der Waals surface area contributed by atoms with E-state index in [9.17, 15) is 29.1 Å². The number of carbonyl (C=O) groups excluding carboxylic acids is 3. The zero-order chi connectivity index (χ0) is 32.0. The second-order valence-electron chi connectivity index (χ2n) is 11.4. The number of aliphatic carboxylic acids is 2. The van der Waals surface area contributed by atoms with E-state index in [1.165, 1.54) is 77.7 Å². The molecule has 0 heterocycles. The Balaban J connectivity index is 3.73. The topological polar surface area (TPSA) is 175 Å². The Morgan fingerprint density at radius 1 is 0.628 bits per heavy atom. The van der Waals surface area contributed by atoms with Gasteiger partial charge in [0, 0.05) is 32.9 Å². The second kappa shape index (κ2) is 29.2. The lowest BCUT2D eigenvalue weighted by atomic mass is 10.0. The van der Waals surface area contributed by atoms with Crippen LogP contribution in [0.25, 0.3) is 0 Å². The lowest BCUT2D eigenvalue weighted by Gasteiger charge is -2.14. The molecule has 2 amide bonds. The highest BCUT2D eigenvalue weighted by Gasteiger charge is 2.21. The maximum Gasteiger partial charge on any atom is 0.330 e. The molecule has 43 heavy (non-hydrogen) atoms. The third-order valence-corrected chi connectivity index (χ3v) is 7.54. The molecule has 11 nitrogen and oxygen atoms in total. The van der Waals surface area contributed by atoms with Gasteiger partial charge in [-0.3, -0.25) is 9.59 Å². The quantitative estimate of drug-likeness (QED) is 0.0400. The van der Waals surface area contributed by atoms with Gasteiger partial charge >= 0.3 is 11.9 Å². The van der Waals surface area contributed by atoms with E-state index in [0.717, 1.165) is 38.4 Å². The van der Waals surface area contributed by atoms with Crippen molar-refractivity contribution < 1.29 is 34.2 Å². The van der Waals surface area contributed by atoms with Gasteiger partial charge in [0.25, 0.3) is 0 Å². The molecule has 0 fully saturated rings. The van der Waals surface area contributed by atoms with Crippen molar-refractivity contribution in [3.63, 3.8) is 0 Å². The van der Waals surface area contributed by atoms with Crippen molar-refractivity contribution in [2.24, 2.45) is 10.2 Å². The fourth-order valence-corrected chi connectivity index (χ4v) is 4.94. The van der Waals surface area contributed by atoms with Gasteiger partial charge in [-0.25, -0.2) is 9.59 Å². The predicted molar refractivity (Wildman–Crippen MR) is 167 cm³/mol. The number of hydrogen-bond donors (Lipinski definition) is 4. The van der Waals surface area contributed by atoms with Crippen LogP contribution in [0, 0.1) is 0 Å². The van der Waals surface area contributed by atoms with E-state index in [1.807, 2.05) is 0 Å². The van der Waals surface area contributed by atoms with Crippen LogP contribution >= 0.6 is 0 Å². The first-order valence-corrected chi connectivity index (χ1v) is 16.6. The summed E-state index contributed by atoms with van der Waals surface area (Å²) < 4.78 is 0. The Morgan fingerprint density at radius 2 is 1.14 bits per heavy atom. The molecular formula is C32H58N4O7. The van der Waals surface area contributed by atoms with Gasteiger partial charge in [-0.15, -0.1) is 0 Å². The summed E-state index contributed by atoms with van der Waals surface area (Å²) in [5, 5.41) is 30.9. The van der Waals surface area contributed by atoms with Crippen LogP contribution in [-0.2, 0) is 24.0 Å². The smallest absolute Gasteiger partial charge is 0.330 e. The van der Waals surface area contributed by atoms with Crippen LogP contribution in [0.2, 0.25) is 0 Å². The zero-order valence-corrected chi connectivity index (χ0v) is 26.5. The maximum atomic E-state index is 12.2. The number of hydrogen-bond acceptors (Lipinski definition) is 7. The highest BCUT2D eigenvalue weighted by Crippen LogP contribution is 2.14. The molecule has 0 aromatic heterocycles. The van der Waals surface area contributed by atoms with Gasteiger partial charge in [-0.1, -0.05) is 89.9 Å². The van der Waals surface area contributed by atoms with Crippen molar-refractivity contribution in [1.29, 1.82) is 0 Å². The number of aldehydes is 1. The third kappa shape index (κ3) is 26.5. The first-order valence-electron chi connectivity index (χ1n) is 16.6. The fourth-order valence-electron chi connectivity index (χ4n) is 4.94. The van der Waals surface area contributed by atoms with Gasteiger partial charge < -0.3 is 25.6 Å². The van der Waals surface area contributed by atoms with Crippen molar-refractivity contribution in [1.82, 2.24) is 10.6 Å². The minimum absolute atomic E-state index is 0.00824. The molecule has 0 aliphatic rings. The lowest BCUT2D eigenvalue weighted by molar-refractivity contribution is -0.142. The fraction of sp³-hybridized carbons (Fsp3) is 0.844. The van der Waals surface area contributed by atoms with Crippen molar-refractivity contribution >= 4 is 30.0 Å². The van der Waals surface area contributed by atoms with E-state index < -0.39 is 24.0 Å². The van der Waals surface area contributed by atoms with Gasteiger partial charge in [0.15, 0.2) is 6.04 Å². The van der Waals surface area contributed by atoms with E-state index in [4.69, 9.17) is 5.11 Å². The van der Waals surface area contributed by atoms with E-state index in [0.29, 0.717) is 32.2 Å². The van der Waals surface area contributed by atoms with Crippen molar-refractivity contribution in [3.8, 4) is 0 Å². The molecule has 2 atom stereocenters. The minimum Gasteiger partial charge on any atom is -0.480 e. The second-order valence-corrected chi connectivity index (χ2v) is 11.4. The van der Waals surface area contributed by atoms with Gasteiger partial charge in [0.05, 0.1) is 0 Å². The van der Waals surface area contributed by atoms with Gasteiger partial charge in [-0.05, 0) is 38.5 Å². The van der Waals surface area contributed by atoms with Gasteiger partial charge in [-0.2, -0.15) is 10.2 Å². The molecule has 0 aliphatic heterocycles. The van der Waals surface area contributed by atoms with Crippen LogP contribution in [0.3, 0.4) is 0 Å². The summed E-state index contributed by atoms with van der Waals surface area (Å²) in [4.78, 5) is 57.1. The molecule has 0 spiro atoms. The summed E-state index contributed by atoms with van der Waals surface area (Å²) in [5.41, 5.74) is 0. The molecule has 0 bridgehead atoms. The molecule has 0 aromatic carbocycles. The molecule has 0 saturated carbocycles. The summed E-state index contributed by atoms with van der Waals surface area (Å²) >= 11 is 0. The number of carboxylic acid groups (broad SMARTS) is 2. The Labute approximate surface area is 258 Å². The van der Waals surface area contributed by atoms with E-state index in [2.05, 4.69) is 20.9 Å². The summed E-state index contributed by atoms with van der Waals surface area (Å²) in [5.74, 6) is -2.81. The number of unbranched alkanes of at least 4 members (excludes halogenated alkanes) is 17. The predicted octanol–water partition coefficient (Wildman–Crippen LogP) is 6.38. The molecule has 0 saturated heterocycles. The molecule has 0 aromatic rings. The van der Waals surface area contributed by atoms with Crippen LogP contribution in [0.5, 0.6) is 0 Å². The van der Waals surface area contributed by atoms with Crippen molar-refractivity contribution in [2.75, 3.05) is 13.6 Å². The van der Waals surface area contributed by atoms with Gasteiger partial charge in [0.1, 0.15) is 12.3 Å². The Bertz CT molecular complexity index is 792. The maximum absolute atomic E-state index is 12.2. The first kappa shape index (κ1) is 40.1. The van der Waals surface area contributed by atoms with Crippen molar-refractivity contribution in [3.05, 3.63) is 0 Å². The average Bonchev–Trinajstić information content (AvgIpc) is 2.97. The first-order chi connectivity index (χ1) is 20.8. The number of amides is 2. The molecule has 248 valence electrons. The number of nitrogens with one attached hydrogen (secondary N) is 2. The molecule has 4 N–H and O–H groups in total. The Morgan fingerprint density at radius 3 is 1.60 bits per heavy atom. The lowest BCUT2D eigenvalue weighted by Crippen LogP contribution is -2.41. The number of azo groups is 1. The SMILES string of the molecule is CN=NC(CCCCNC(=O)CCC(NC(=O)CCCCCCCCCCCCCCCCCCC=O)C(=O)O)C(=O)O. The average molecular weight is 611 g/mol. The van der Waals surface area contributed by atoms with E-state index >= 15 is 0 Å². The number of rotatable bonds is 31. The summed E-state index contributed by atoms with van der Waals surface area (Å²) in [6.07, 6.45) is 22.4. The van der Waals surface area contributed by atoms with Gasteiger partial charge in [0.2, 0.25) is 11.8 Å². The molecule has 0 radical (unpaired) electrons. The Hall–Kier alpha value is -2.85. The molecule has 2 unspecified atom stereocenters. The third-order valence-electron chi connectivity index (χ3n) is 7.54. The Kier molecular flexibility index (Phi) is 27.3. The van der Waals surface area contributed by atoms with E-state index in [1.54, 1.807) is 0 Å². The largest absolute Gasteiger partial charge is 0.480 e. The van der Waals surface area contributed by atoms with Crippen molar-refractivity contribution in [2.45, 2.75) is 160 Å². The minimum atomic E-state index is -1.16. The molecule has 0 rings (SSSR count). The number of carboxylic acids is 2. The van der Waals surface area contributed by atoms with Crippen LogP contribution in [0.1, 0.15) is 148 Å². The van der Waals surface area contributed by atoms with E-state index in [-0.39, 0.29) is 31.1 Å². The summed E-state index contributed by atoms with van der Waals surface area (Å²) in [6, 6.07) is -1.99. The monoisotopic (exact) mass is 610 g/mol. The normalized spacial score (nSPS) is 12.6. The standard InChI is InChI=1S/C32H58N4O7/c1-33-36-28(32(42)43)21-18-19-25-34-29(38)24-23-27(31(40)41)35-30(39)22-17-15-13-11-9-7-5-3-2-4-6-8-10-12-14-16-20-26-37/h26-28H,2-25H2,1H3,(H,34,38)(H,35,39)(H,40,41)(H,42,43). The zero-order valence-electron chi connectivity index (χ0n) is 26.5. The highest BCUT2D eigenvalue weighted by molar-refractivity contribution is 5.84.